The monoisotopic (exact) mass is 339 g/mol. The summed E-state index contributed by atoms with van der Waals surface area (Å²) in [5.41, 5.74) is 0. The van der Waals surface area contributed by atoms with Crippen LogP contribution in [-0.2, 0) is 15.9 Å². The van der Waals surface area contributed by atoms with Crippen LogP contribution in [0.15, 0.2) is 22.5 Å². The van der Waals surface area contributed by atoms with Crippen LogP contribution in [-0.4, -0.2) is 52.0 Å². The van der Waals surface area contributed by atoms with Gasteiger partial charge >= 0.3 is 0 Å². The van der Waals surface area contributed by atoms with Crippen LogP contribution in [0.1, 0.15) is 24.6 Å². The zero-order chi connectivity index (χ0) is 16.3. The molecule has 0 saturated carbocycles. The van der Waals surface area contributed by atoms with Crippen molar-refractivity contribution >= 4 is 17.3 Å². The van der Waals surface area contributed by atoms with Gasteiger partial charge in [0.05, 0.1) is 19.3 Å². The molecule has 0 bridgehead atoms. The Bertz CT molecular complexity index is 445. The van der Waals surface area contributed by atoms with Crippen LogP contribution in [0, 0.1) is 5.92 Å². The molecule has 0 amide bonds. The Morgan fingerprint density at radius 2 is 2.43 bits per heavy atom. The minimum Gasteiger partial charge on any atom is -0.377 e. The topological polar surface area (TPSA) is 54.9 Å². The summed E-state index contributed by atoms with van der Waals surface area (Å²) in [6.07, 6.45) is 3.68. The van der Waals surface area contributed by atoms with Crippen molar-refractivity contribution in [1.82, 2.24) is 10.6 Å². The Morgan fingerprint density at radius 1 is 1.52 bits per heavy atom. The maximum absolute atomic E-state index is 5.64. The maximum Gasteiger partial charge on any atom is 0.191 e. The van der Waals surface area contributed by atoms with Crippen LogP contribution in [0.4, 0.5) is 0 Å². The largest absolute Gasteiger partial charge is 0.377 e. The Labute approximate surface area is 143 Å². The van der Waals surface area contributed by atoms with Crippen molar-refractivity contribution in [2.24, 2.45) is 10.9 Å². The molecule has 0 aromatic carbocycles. The highest BCUT2D eigenvalue weighted by atomic mass is 32.1. The number of rotatable bonds is 9. The van der Waals surface area contributed by atoms with E-state index in [1.807, 2.05) is 11.3 Å². The average molecular weight is 340 g/mol. The minimum absolute atomic E-state index is 0.297. The Morgan fingerprint density at radius 3 is 3.13 bits per heavy atom. The Hall–Kier alpha value is -1.11. The first kappa shape index (κ1) is 18.2. The number of ether oxygens (including phenoxy) is 2. The van der Waals surface area contributed by atoms with Gasteiger partial charge in [0.2, 0.25) is 0 Å². The SMILES string of the molecule is CN=C(NCCOCC1CCCO1)NCC(C)Cc1cccs1. The van der Waals surface area contributed by atoms with E-state index in [2.05, 4.69) is 40.1 Å². The lowest BCUT2D eigenvalue weighted by molar-refractivity contribution is 0.0191. The average Bonchev–Trinajstić information content (AvgIpc) is 3.23. The predicted octanol–water partition coefficient (Wildman–Crippen LogP) is 2.29. The molecule has 1 saturated heterocycles. The maximum atomic E-state index is 5.64. The van der Waals surface area contributed by atoms with E-state index in [1.165, 1.54) is 4.88 Å². The number of hydrogen-bond donors (Lipinski definition) is 2. The zero-order valence-corrected chi connectivity index (χ0v) is 15.0. The smallest absolute Gasteiger partial charge is 0.191 e. The van der Waals surface area contributed by atoms with Gasteiger partial charge in [-0.15, -0.1) is 11.3 Å². The molecule has 1 aliphatic rings. The van der Waals surface area contributed by atoms with Crippen molar-refractivity contribution in [1.29, 1.82) is 0 Å². The minimum atomic E-state index is 0.297. The number of aliphatic imine (C=N–C) groups is 1. The van der Waals surface area contributed by atoms with Crippen molar-refractivity contribution in [3.8, 4) is 0 Å². The summed E-state index contributed by atoms with van der Waals surface area (Å²) in [6.45, 7) is 6.17. The predicted molar refractivity (Wildman–Crippen MR) is 96.3 cm³/mol. The summed E-state index contributed by atoms with van der Waals surface area (Å²) in [5, 5.41) is 8.79. The van der Waals surface area contributed by atoms with Gasteiger partial charge in [0.1, 0.15) is 0 Å². The molecule has 1 aromatic heterocycles. The second-order valence-corrected chi connectivity index (χ2v) is 7.01. The molecule has 5 nitrogen and oxygen atoms in total. The van der Waals surface area contributed by atoms with Crippen LogP contribution < -0.4 is 10.6 Å². The van der Waals surface area contributed by atoms with E-state index < -0.39 is 0 Å². The van der Waals surface area contributed by atoms with Gasteiger partial charge in [-0.05, 0) is 36.6 Å². The van der Waals surface area contributed by atoms with Gasteiger partial charge in [0.25, 0.3) is 0 Å². The van der Waals surface area contributed by atoms with Crippen LogP contribution in [0.2, 0.25) is 0 Å². The molecule has 0 aliphatic carbocycles. The van der Waals surface area contributed by atoms with Gasteiger partial charge in [-0.25, -0.2) is 0 Å². The molecule has 2 heterocycles. The molecule has 2 rings (SSSR count). The van der Waals surface area contributed by atoms with Crippen molar-refractivity contribution in [2.45, 2.75) is 32.3 Å². The van der Waals surface area contributed by atoms with Gasteiger partial charge in [-0.3, -0.25) is 4.99 Å². The van der Waals surface area contributed by atoms with Gasteiger partial charge in [0.15, 0.2) is 5.96 Å². The van der Waals surface area contributed by atoms with Crippen LogP contribution in [0.25, 0.3) is 0 Å². The van der Waals surface area contributed by atoms with E-state index in [0.29, 0.717) is 25.2 Å². The number of nitrogens with zero attached hydrogens (tertiary/aromatic N) is 1. The fourth-order valence-electron chi connectivity index (χ4n) is 2.57. The van der Waals surface area contributed by atoms with Crippen LogP contribution in [0.5, 0.6) is 0 Å². The van der Waals surface area contributed by atoms with Gasteiger partial charge in [-0.2, -0.15) is 0 Å². The van der Waals surface area contributed by atoms with E-state index in [-0.39, 0.29) is 0 Å². The highest BCUT2D eigenvalue weighted by molar-refractivity contribution is 7.09. The van der Waals surface area contributed by atoms with E-state index in [0.717, 1.165) is 44.9 Å². The molecule has 0 spiro atoms. The van der Waals surface area contributed by atoms with Crippen LogP contribution >= 0.6 is 11.3 Å². The van der Waals surface area contributed by atoms with Gasteiger partial charge in [-0.1, -0.05) is 13.0 Å². The standard InChI is InChI=1S/C17H29N3O2S/c1-14(11-16-6-4-10-23-16)12-20-17(18-2)19-7-9-21-13-15-5-3-8-22-15/h4,6,10,14-15H,3,5,7-9,11-13H2,1-2H3,(H2,18,19,20). The fourth-order valence-corrected chi connectivity index (χ4v) is 3.44. The van der Waals surface area contributed by atoms with Crippen molar-refractivity contribution in [2.75, 3.05) is 40.0 Å². The highest BCUT2D eigenvalue weighted by Gasteiger charge is 2.15. The third-order valence-electron chi connectivity index (χ3n) is 3.84. The fraction of sp³-hybridized carbons (Fsp3) is 0.706. The molecule has 2 unspecified atom stereocenters. The second-order valence-electron chi connectivity index (χ2n) is 5.98. The molecule has 1 aromatic rings. The van der Waals surface area contributed by atoms with Gasteiger partial charge < -0.3 is 20.1 Å². The summed E-state index contributed by atoms with van der Waals surface area (Å²) in [5.74, 6) is 1.41. The summed E-state index contributed by atoms with van der Waals surface area (Å²) in [7, 11) is 1.80. The summed E-state index contributed by atoms with van der Waals surface area (Å²) >= 11 is 1.82. The van der Waals surface area contributed by atoms with Crippen molar-refractivity contribution in [3.05, 3.63) is 22.4 Å². The molecule has 1 fully saturated rings. The number of guanidine groups is 1. The molecule has 130 valence electrons. The van der Waals surface area contributed by atoms with Crippen LogP contribution in [0.3, 0.4) is 0 Å². The molecular weight excluding hydrogens is 310 g/mol. The molecular formula is C17H29N3O2S. The quantitative estimate of drug-likeness (QED) is 0.412. The molecule has 6 heteroatoms. The van der Waals surface area contributed by atoms with E-state index >= 15 is 0 Å². The lowest BCUT2D eigenvalue weighted by Gasteiger charge is -2.16. The first-order valence-corrected chi connectivity index (χ1v) is 9.32. The van der Waals surface area contributed by atoms with Gasteiger partial charge in [0, 0.05) is 31.6 Å². The number of nitrogens with one attached hydrogen (secondary N) is 2. The third kappa shape index (κ3) is 7.33. The van der Waals surface area contributed by atoms with E-state index in [9.17, 15) is 0 Å². The number of thiophene rings is 1. The summed E-state index contributed by atoms with van der Waals surface area (Å²) < 4.78 is 11.2. The normalized spacial score (nSPS) is 19.7. The highest BCUT2D eigenvalue weighted by Crippen LogP contribution is 2.13. The second kappa shape index (κ2) is 10.6. The summed E-state index contributed by atoms with van der Waals surface area (Å²) in [4.78, 5) is 5.68. The lowest BCUT2D eigenvalue weighted by Crippen LogP contribution is -2.41. The molecule has 1 aliphatic heterocycles. The molecule has 2 atom stereocenters. The zero-order valence-electron chi connectivity index (χ0n) is 14.2. The van der Waals surface area contributed by atoms with E-state index in [1.54, 1.807) is 7.05 Å². The first-order chi connectivity index (χ1) is 11.3. The lowest BCUT2D eigenvalue weighted by atomic mass is 10.1. The first-order valence-electron chi connectivity index (χ1n) is 8.44. The molecule has 23 heavy (non-hydrogen) atoms. The molecule has 2 N–H and O–H groups in total. The number of hydrogen-bond acceptors (Lipinski definition) is 4. The van der Waals surface area contributed by atoms with Crippen molar-refractivity contribution in [3.63, 3.8) is 0 Å². The molecule has 0 radical (unpaired) electrons. The van der Waals surface area contributed by atoms with E-state index in [4.69, 9.17) is 9.47 Å². The Kier molecular flexibility index (Phi) is 8.42. The summed E-state index contributed by atoms with van der Waals surface area (Å²) in [6, 6.07) is 4.30. The third-order valence-corrected chi connectivity index (χ3v) is 4.74. The van der Waals surface area contributed by atoms with Crippen molar-refractivity contribution < 1.29 is 9.47 Å². The Balaban J connectivity index is 1.52.